The molecule has 0 spiro atoms. The van der Waals surface area contributed by atoms with Crippen molar-refractivity contribution in [3.05, 3.63) is 60.4 Å². The first kappa shape index (κ1) is 15.5. The lowest BCUT2D eigenvalue weighted by Gasteiger charge is -2.23. The van der Waals surface area contributed by atoms with Crippen LogP contribution in [0.2, 0.25) is 0 Å². The Hall–Kier alpha value is -2.75. The summed E-state index contributed by atoms with van der Waals surface area (Å²) >= 11 is 0. The first-order chi connectivity index (χ1) is 12.8. The highest BCUT2D eigenvalue weighted by Gasteiger charge is 2.40. The minimum absolute atomic E-state index is 0.0197. The Morgan fingerprint density at radius 2 is 2.00 bits per heavy atom. The number of benzene rings is 1. The van der Waals surface area contributed by atoms with E-state index in [-0.39, 0.29) is 5.91 Å². The van der Waals surface area contributed by atoms with E-state index in [1.54, 1.807) is 12.4 Å². The molecule has 2 aromatic heterocycles. The molecule has 0 aliphatic heterocycles. The number of nitrogens with one attached hydrogen (secondary N) is 1. The molecule has 1 N–H and O–H groups in total. The van der Waals surface area contributed by atoms with Gasteiger partial charge in [-0.15, -0.1) is 0 Å². The molecule has 2 bridgehead atoms. The molecule has 2 heterocycles. The fourth-order valence-corrected chi connectivity index (χ4v) is 4.69. The summed E-state index contributed by atoms with van der Waals surface area (Å²) in [4.78, 5) is 22.0. The Bertz CT molecular complexity index is 970. The fourth-order valence-electron chi connectivity index (χ4n) is 4.69. The van der Waals surface area contributed by atoms with E-state index in [2.05, 4.69) is 10.3 Å². The molecule has 2 fully saturated rings. The van der Waals surface area contributed by atoms with Crippen molar-refractivity contribution in [2.24, 2.45) is 11.8 Å². The largest absolute Gasteiger partial charge is 0.349 e. The average Bonchev–Trinajstić information content (AvgIpc) is 3.31. The molecule has 2 aliphatic carbocycles. The second-order valence-electron chi connectivity index (χ2n) is 7.57. The first-order valence-corrected chi connectivity index (χ1v) is 9.39. The van der Waals surface area contributed by atoms with Crippen LogP contribution in [0.5, 0.6) is 0 Å². The molecule has 3 aromatic rings. The maximum atomic E-state index is 13.1. The van der Waals surface area contributed by atoms with Crippen molar-refractivity contribution >= 4 is 16.8 Å². The number of pyridine rings is 2. The number of hydrogen-bond donors (Lipinski definition) is 1. The smallest absolute Gasteiger partial charge is 0.252 e. The van der Waals surface area contributed by atoms with Gasteiger partial charge in [-0.05, 0) is 55.4 Å². The number of nitrogens with zero attached hydrogens (tertiary/aromatic N) is 2. The van der Waals surface area contributed by atoms with Gasteiger partial charge in [0, 0.05) is 29.4 Å². The van der Waals surface area contributed by atoms with Gasteiger partial charge in [-0.25, -0.2) is 4.98 Å². The summed E-state index contributed by atoms with van der Waals surface area (Å²) in [6.45, 7) is 0. The van der Waals surface area contributed by atoms with Crippen LogP contribution >= 0.6 is 0 Å². The summed E-state index contributed by atoms with van der Waals surface area (Å²) in [6.07, 6.45) is 8.54. The van der Waals surface area contributed by atoms with Gasteiger partial charge in [-0.3, -0.25) is 9.78 Å². The van der Waals surface area contributed by atoms with Crippen molar-refractivity contribution in [3.63, 3.8) is 0 Å². The second kappa shape index (κ2) is 6.20. The lowest BCUT2D eigenvalue weighted by molar-refractivity contribution is 0.0924. The number of fused-ring (bicyclic) bond motifs is 3. The van der Waals surface area contributed by atoms with Gasteiger partial charge in [0.25, 0.3) is 5.91 Å². The molecule has 5 rings (SSSR count). The second-order valence-corrected chi connectivity index (χ2v) is 7.57. The molecule has 26 heavy (non-hydrogen) atoms. The standard InChI is InChI=1S/C22H21N3O/c26-22(25-20-11-14-7-8-15(20)10-14)18-12-21(16-4-3-9-23-13-16)24-19-6-2-1-5-17(18)19/h1-6,9,12-15,20H,7-8,10-11H2,(H,25,26). The van der Waals surface area contributed by atoms with Crippen LogP contribution in [-0.4, -0.2) is 21.9 Å². The molecular weight excluding hydrogens is 322 g/mol. The van der Waals surface area contributed by atoms with E-state index >= 15 is 0 Å². The van der Waals surface area contributed by atoms with Gasteiger partial charge in [0.2, 0.25) is 0 Å². The van der Waals surface area contributed by atoms with Gasteiger partial charge in [0.15, 0.2) is 0 Å². The molecule has 130 valence electrons. The molecule has 2 aliphatic rings. The van der Waals surface area contributed by atoms with Gasteiger partial charge in [0.1, 0.15) is 0 Å². The molecule has 0 radical (unpaired) electrons. The maximum absolute atomic E-state index is 13.1. The maximum Gasteiger partial charge on any atom is 0.252 e. The zero-order chi connectivity index (χ0) is 17.5. The number of rotatable bonds is 3. The van der Waals surface area contributed by atoms with Gasteiger partial charge in [0.05, 0.1) is 16.8 Å². The quantitative estimate of drug-likeness (QED) is 0.775. The van der Waals surface area contributed by atoms with E-state index in [4.69, 9.17) is 4.98 Å². The molecule has 4 nitrogen and oxygen atoms in total. The van der Waals surface area contributed by atoms with Crippen LogP contribution in [-0.2, 0) is 0 Å². The van der Waals surface area contributed by atoms with Gasteiger partial charge < -0.3 is 5.32 Å². The predicted octanol–water partition coefficient (Wildman–Crippen LogP) is 4.22. The Morgan fingerprint density at radius 3 is 2.77 bits per heavy atom. The number of hydrogen-bond acceptors (Lipinski definition) is 3. The number of aromatic nitrogens is 2. The Labute approximate surface area is 152 Å². The Kier molecular flexibility index (Phi) is 3.70. The van der Waals surface area contributed by atoms with E-state index in [1.807, 2.05) is 42.5 Å². The summed E-state index contributed by atoms with van der Waals surface area (Å²) in [5, 5.41) is 4.22. The molecule has 0 saturated heterocycles. The van der Waals surface area contributed by atoms with Crippen molar-refractivity contribution in [2.45, 2.75) is 31.7 Å². The van der Waals surface area contributed by atoms with Crippen LogP contribution in [0.3, 0.4) is 0 Å². The molecule has 2 saturated carbocycles. The minimum atomic E-state index is 0.0197. The summed E-state index contributed by atoms with van der Waals surface area (Å²) in [5.74, 6) is 1.49. The topological polar surface area (TPSA) is 54.9 Å². The van der Waals surface area contributed by atoms with E-state index < -0.39 is 0 Å². The normalized spacial score (nSPS) is 24.1. The van der Waals surface area contributed by atoms with Crippen molar-refractivity contribution in [3.8, 4) is 11.3 Å². The molecule has 4 heteroatoms. The van der Waals surface area contributed by atoms with Crippen LogP contribution in [0.25, 0.3) is 22.2 Å². The highest BCUT2D eigenvalue weighted by Crippen LogP contribution is 2.44. The van der Waals surface area contributed by atoms with E-state index in [9.17, 15) is 4.79 Å². The van der Waals surface area contributed by atoms with Crippen molar-refractivity contribution in [2.75, 3.05) is 0 Å². The van der Waals surface area contributed by atoms with E-state index in [0.29, 0.717) is 17.5 Å². The number of amides is 1. The van der Waals surface area contributed by atoms with E-state index in [0.717, 1.165) is 34.5 Å². The fraction of sp³-hybridized carbons (Fsp3) is 0.318. The van der Waals surface area contributed by atoms with Gasteiger partial charge in [-0.2, -0.15) is 0 Å². The van der Waals surface area contributed by atoms with Crippen molar-refractivity contribution in [1.82, 2.24) is 15.3 Å². The Balaban J connectivity index is 1.54. The summed E-state index contributed by atoms with van der Waals surface area (Å²) in [7, 11) is 0. The predicted molar refractivity (Wildman–Crippen MR) is 102 cm³/mol. The number of carbonyl (C=O) groups excluding carboxylic acids is 1. The van der Waals surface area contributed by atoms with Crippen LogP contribution in [0.1, 0.15) is 36.0 Å². The monoisotopic (exact) mass is 343 g/mol. The third-order valence-electron chi connectivity index (χ3n) is 5.97. The number of carbonyl (C=O) groups is 1. The summed E-state index contributed by atoms with van der Waals surface area (Å²) < 4.78 is 0. The summed E-state index contributed by atoms with van der Waals surface area (Å²) in [6, 6.07) is 14.0. The molecule has 1 aromatic carbocycles. The van der Waals surface area contributed by atoms with Crippen LogP contribution in [0, 0.1) is 11.8 Å². The van der Waals surface area contributed by atoms with Crippen LogP contribution < -0.4 is 5.32 Å². The molecule has 3 unspecified atom stereocenters. The molecule has 3 atom stereocenters. The first-order valence-electron chi connectivity index (χ1n) is 9.39. The van der Waals surface area contributed by atoms with Crippen molar-refractivity contribution < 1.29 is 4.79 Å². The van der Waals surface area contributed by atoms with Crippen LogP contribution in [0.4, 0.5) is 0 Å². The molecule has 1 amide bonds. The minimum Gasteiger partial charge on any atom is -0.349 e. The zero-order valence-corrected chi connectivity index (χ0v) is 14.6. The zero-order valence-electron chi connectivity index (χ0n) is 14.6. The third-order valence-corrected chi connectivity index (χ3v) is 5.97. The highest BCUT2D eigenvalue weighted by molar-refractivity contribution is 6.07. The van der Waals surface area contributed by atoms with E-state index in [1.165, 1.54) is 19.3 Å². The summed E-state index contributed by atoms with van der Waals surface area (Å²) in [5.41, 5.74) is 3.26. The van der Waals surface area contributed by atoms with Crippen molar-refractivity contribution in [1.29, 1.82) is 0 Å². The lowest BCUT2D eigenvalue weighted by atomic mass is 9.95. The van der Waals surface area contributed by atoms with Gasteiger partial charge in [-0.1, -0.05) is 24.6 Å². The SMILES string of the molecule is O=C(NC1CC2CCC1C2)c1cc(-c2cccnc2)nc2ccccc12. The average molecular weight is 343 g/mol. The lowest BCUT2D eigenvalue weighted by Crippen LogP contribution is -2.38. The highest BCUT2D eigenvalue weighted by atomic mass is 16.1. The van der Waals surface area contributed by atoms with Crippen LogP contribution in [0.15, 0.2) is 54.9 Å². The van der Waals surface area contributed by atoms with Gasteiger partial charge >= 0.3 is 0 Å². The Morgan fingerprint density at radius 1 is 1.08 bits per heavy atom. The molecular formula is C22H21N3O. The number of para-hydroxylation sites is 1. The third kappa shape index (κ3) is 2.66.